The van der Waals surface area contributed by atoms with E-state index >= 15 is 0 Å². The van der Waals surface area contributed by atoms with Crippen molar-refractivity contribution in [3.05, 3.63) is 64.6 Å². The summed E-state index contributed by atoms with van der Waals surface area (Å²) in [7, 11) is 0. The van der Waals surface area contributed by atoms with E-state index in [-0.39, 0.29) is 23.1 Å². The molecule has 6 nitrogen and oxygen atoms in total. The Morgan fingerprint density at radius 2 is 1.71 bits per heavy atom. The highest BCUT2D eigenvalue weighted by Gasteiger charge is 2.29. The second-order valence-corrected chi connectivity index (χ2v) is 9.41. The van der Waals surface area contributed by atoms with Crippen LogP contribution in [0.15, 0.2) is 53.3 Å². The summed E-state index contributed by atoms with van der Waals surface area (Å²) >= 11 is 0. The molecule has 0 saturated carbocycles. The number of aromatic nitrogens is 2. The number of aromatic amines is 1. The summed E-state index contributed by atoms with van der Waals surface area (Å²) in [5.74, 6) is 0.693. The third-order valence-corrected chi connectivity index (χ3v) is 6.15. The predicted molar refractivity (Wildman–Crippen MR) is 123 cm³/mol. The number of fused-ring (bicyclic) bond motifs is 1. The van der Waals surface area contributed by atoms with Crippen molar-refractivity contribution in [2.75, 3.05) is 13.1 Å². The predicted octanol–water partition coefficient (Wildman–Crippen LogP) is 4.26. The molecule has 1 unspecified atom stereocenters. The molecule has 1 N–H and O–H groups in total. The van der Waals surface area contributed by atoms with Gasteiger partial charge in [-0.3, -0.25) is 9.36 Å². The maximum absolute atomic E-state index is 12.9. The monoisotopic (exact) mass is 421 g/mol. The first kappa shape index (κ1) is 21.2. The Morgan fingerprint density at radius 1 is 1.06 bits per heavy atom. The van der Waals surface area contributed by atoms with E-state index < -0.39 is 6.10 Å². The number of nitrogens with zero attached hydrogens (tertiary/aromatic N) is 2. The van der Waals surface area contributed by atoms with Crippen molar-refractivity contribution in [2.45, 2.75) is 58.1 Å². The second-order valence-electron chi connectivity index (χ2n) is 9.41. The molecule has 4 rings (SSSR count). The third-order valence-electron chi connectivity index (χ3n) is 6.15. The summed E-state index contributed by atoms with van der Waals surface area (Å²) in [5.41, 5.74) is 3.00. The number of ether oxygens (including phenoxy) is 1. The number of imidazole rings is 1. The van der Waals surface area contributed by atoms with Gasteiger partial charge in [0.25, 0.3) is 5.91 Å². The second kappa shape index (κ2) is 8.25. The number of amides is 1. The van der Waals surface area contributed by atoms with Crippen LogP contribution in [0.2, 0.25) is 0 Å². The van der Waals surface area contributed by atoms with Gasteiger partial charge in [0.15, 0.2) is 6.10 Å². The summed E-state index contributed by atoms with van der Waals surface area (Å²) in [6.07, 6.45) is 0.953. The smallest absolute Gasteiger partial charge is 0.326 e. The molecule has 2 aromatic carbocycles. The average Bonchev–Trinajstić information content (AvgIpc) is 3.08. The van der Waals surface area contributed by atoms with Crippen molar-refractivity contribution in [3.63, 3.8) is 0 Å². The Balaban J connectivity index is 1.37. The normalized spacial score (nSPS) is 16.5. The van der Waals surface area contributed by atoms with Gasteiger partial charge in [-0.25, -0.2) is 4.79 Å². The van der Waals surface area contributed by atoms with E-state index in [0.29, 0.717) is 18.8 Å². The summed E-state index contributed by atoms with van der Waals surface area (Å²) in [4.78, 5) is 30.2. The first-order valence-corrected chi connectivity index (χ1v) is 11.0. The zero-order chi connectivity index (χ0) is 22.2. The van der Waals surface area contributed by atoms with Gasteiger partial charge in [-0.2, -0.15) is 0 Å². The van der Waals surface area contributed by atoms with Crippen LogP contribution in [-0.4, -0.2) is 39.6 Å². The van der Waals surface area contributed by atoms with Gasteiger partial charge >= 0.3 is 5.69 Å². The van der Waals surface area contributed by atoms with Crippen LogP contribution in [0.3, 0.4) is 0 Å². The summed E-state index contributed by atoms with van der Waals surface area (Å²) in [6.45, 7) is 9.55. The number of hydrogen-bond acceptors (Lipinski definition) is 3. The standard InChI is InChI=1S/C25H31N3O3/c1-17(31-20-11-9-18(10-12-20)25(2,3)4)23(29)27-15-13-19(14-16-27)28-22-8-6-5-7-21(22)26-24(28)30/h5-12,17,19H,13-16H2,1-4H3,(H,26,30). The molecule has 164 valence electrons. The van der Waals surface area contributed by atoms with Crippen molar-refractivity contribution in [3.8, 4) is 5.75 Å². The molecule has 3 aromatic rings. The summed E-state index contributed by atoms with van der Waals surface area (Å²) < 4.78 is 7.76. The number of piperidine rings is 1. The number of likely N-dealkylation sites (tertiary alicyclic amines) is 1. The number of benzene rings is 2. The molecule has 1 fully saturated rings. The van der Waals surface area contributed by atoms with Gasteiger partial charge in [0, 0.05) is 19.1 Å². The van der Waals surface area contributed by atoms with Gasteiger partial charge < -0.3 is 14.6 Å². The number of carbonyl (C=O) groups is 1. The maximum atomic E-state index is 12.9. The molecule has 6 heteroatoms. The van der Waals surface area contributed by atoms with Crippen LogP contribution < -0.4 is 10.4 Å². The first-order chi connectivity index (χ1) is 14.7. The molecule has 1 aliphatic heterocycles. The Morgan fingerprint density at radius 3 is 2.35 bits per heavy atom. The van der Waals surface area contributed by atoms with E-state index in [4.69, 9.17) is 4.74 Å². The minimum absolute atomic E-state index is 0.00961. The molecule has 1 amide bonds. The van der Waals surface area contributed by atoms with Crippen LogP contribution in [0.1, 0.15) is 52.1 Å². The third kappa shape index (κ3) is 4.38. The van der Waals surface area contributed by atoms with Crippen molar-refractivity contribution in [1.29, 1.82) is 0 Å². The molecule has 1 atom stereocenters. The molecule has 0 bridgehead atoms. The number of H-pyrrole nitrogens is 1. The Kier molecular flexibility index (Phi) is 5.65. The van der Waals surface area contributed by atoms with Crippen molar-refractivity contribution >= 4 is 16.9 Å². The van der Waals surface area contributed by atoms with Crippen LogP contribution in [0.25, 0.3) is 11.0 Å². The summed E-state index contributed by atoms with van der Waals surface area (Å²) in [6, 6.07) is 15.8. The highest BCUT2D eigenvalue weighted by Crippen LogP contribution is 2.27. The lowest BCUT2D eigenvalue weighted by Crippen LogP contribution is -2.45. The van der Waals surface area contributed by atoms with Crippen LogP contribution >= 0.6 is 0 Å². The number of para-hydroxylation sites is 2. The van der Waals surface area contributed by atoms with Crippen LogP contribution in [-0.2, 0) is 10.2 Å². The Bertz CT molecular complexity index is 1110. The lowest BCUT2D eigenvalue weighted by molar-refractivity contribution is -0.139. The molecular weight excluding hydrogens is 390 g/mol. The fraction of sp³-hybridized carbons (Fsp3) is 0.440. The van der Waals surface area contributed by atoms with Gasteiger partial charge in [0.2, 0.25) is 0 Å². The minimum Gasteiger partial charge on any atom is -0.481 e. The number of hydrogen-bond donors (Lipinski definition) is 1. The molecule has 1 aromatic heterocycles. The molecule has 2 heterocycles. The Labute approximate surface area is 182 Å². The van der Waals surface area contributed by atoms with Crippen LogP contribution in [0.5, 0.6) is 5.75 Å². The Hall–Kier alpha value is -3.02. The average molecular weight is 422 g/mol. The van der Waals surface area contributed by atoms with E-state index in [0.717, 1.165) is 23.9 Å². The molecule has 0 spiro atoms. The fourth-order valence-electron chi connectivity index (χ4n) is 4.33. The van der Waals surface area contributed by atoms with E-state index in [9.17, 15) is 9.59 Å². The molecule has 1 saturated heterocycles. The van der Waals surface area contributed by atoms with Gasteiger partial charge in [-0.05, 0) is 55.0 Å². The largest absolute Gasteiger partial charge is 0.481 e. The SMILES string of the molecule is CC(Oc1ccc(C(C)(C)C)cc1)C(=O)N1CCC(n2c(=O)[nH]c3ccccc32)CC1. The zero-order valence-corrected chi connectivity index (χ0v) is 18.7. The lowest BCUT2D eigenvalue weighted by Gasteiger charge is -2.34. The maximum Gasteiger partial charge on any atom is 0.326 e. The number of nitrogens with one attached hydrogen (secondary N) is 1. The van der Waals surface area contributed by atoms with Gasteiger partial charge in [0.05, 0.1) is 11.0 Å². The van der Waals surface area contributed by atoms with E-state index in [1.54, 1.807) is 6.92 Å². The quantitative estimate of drug-likeness (QED) is 0.685. The minimum atomic E-state index is -0.548. The molecular formula is C25H31N3O3. The van der Waals surface area contributed by atoms with Gasteiger partial charge in [0.1, 0.15) is 5.75 Å². The summed E-state index contributed by atoms with van der Waals surface area (Å²) in [5, 5.41) is 0. The van der Waals surface area contributed by atoms with Crippen molar-refractivity contribution in [2.24, 2.45) is 0 Å². The highest BCUT2D eigenvalue weighted by atomic mass is 16.5. The van der Waals surface area contributed by atoms with Crippen molar-refractivity contribution < 1.29 is 9.53 Å². The highest BCUT2D eigenvalue weighted by molar-refractivity contribution is 5.81. The lowest BCUT2D eigenvalue weighted by atomic mass is 9.87. The number of carbonyl (C=O) groups excluding carboxylic acids is 1. The van der Waals surface area contributed by atoms with Crippen LogP contribution in [0, 0.1) is 0 Å². The van der Waals surface area contributed by atoms with Crippen molar-refractivity contribution in [1.82, 2.24) is 14.5 Å². The van der Waals surface area contributed by atoms with E-state index in [2.05, 4.69) is 37.9 Å². The van der Waals surface area contributed by atoms with E-state index in [1.165, 1.54) is 5.56 Å². The first-order valence-electron chi connectivity index (χ1n) is 11.0. The molecule has 1 aliphatic rings. The molecule has 0 aliphatic carbocycles. The van der Waals surface area contributed by atoms with E-state index in [1.807, 2.05) is 45.9 Å². The van der Waals surface area contributed by atoms with Crippen LogP contribution in [0.4, 0.5) is 0 Å². The fourth-order valence-corrected chi connectivity index (χ4v) is 4.33. The number of rotatable bonds is 4. The van der Waals surface area contributed by atoms with Gasteiger partial charge in [-0.1, -0.05) is 45.0 Å². The molecule has 0 radical (unpaired) electrons. The molecule has 31 heavy (non-hydrogen) atoms. The van der Waals surface area contributed by atoms with Gasteiger partial charge in [-0.15, -0.1) is 0 Å². The zero-order valence-electron chi connectivity index (χ0n) is 18.7. The topological polar surface area (TPSA) is 67.3 Å².